The van der Waals surface area contributed by atoms with E-state index in [1.54, 1.807) is 72.8 Å². The molecule has 1 spiro atoms. The third kappa shape index (κ3) is 9.05. The average Bonchev–Trinajstić information content (AvgIpc) is 3.84. The van der Waals surface area contributed by atoms with Gasteiger partial charge in [0.05, 0.1) is 0 Å². The van der Waals surface area contributed by atoms with Gasteiger partial charge in [-0.15, -0.1) is 0 Å². The first kappa shape index (κ1) is 48.7. The first-order valence-corrected chi connectivity index (χ1v) is 25.7. The first-order chi connectivity index (χ1) is 36.4. The number of nitrogens with one attached hydrogen (secondary N) is 4. The lowest BCUT2D eigenvalue weighted by atomic mass is 9.38. The summed E-state index contributed by atoms with van der Waals surface area (Å²) in [5.74, 6) is -1.13. The van der Waals surface area contributed by atoms with Crippen molar-refractivity contribution in [2.75, 3.05) is 0 Å². The lowest BCUT2D eigenvalue weighted by Crippen LogP contribution is -2.59. The Balaban J connectivity index is 0.783. The van der Waals surface area contributed by atoms with Gasteiger partial charge >= 0.3 is 0 Å². The number of aliphatic hydroxyl groups is 1. The van der Waals surface area contributed by atoms with Crippen LogP contribution in [-0.2, 0) is 12.0 Å². The Morgan fingerprint density at radius 3 is 1.24 bits per heavy atom. The molecule has 0 heterocycles. The minimum Gasteiger partial charge on any atom is -0.489 e. The lowest BCUT2D eigenvalue weighted by Gasteiger charge is -2.65. The van der Waals surface area contributed by atoms with E-state index in [0.717, 1.165) is 59.1 Å². The van der Waals surface area contributed by atoms with Gasteiger partial charge in [0.1, 0.15) is 18.5 Å². The van der Waals surface area contributed by atoms with Gasteiger partial charge in [-0.3, -0.25) is 40.9 Å². The molecule has 2 saturated carbocycles. The Labute approximate surface area is 437 Å². The number of hydrazine groups is 2. The van der Waals surface area contributed by atoms with Crippen molar-refractivity contribution < 1.29 is 29.0 Å². The van der Waals surface area contributed by atoms with Crippen LogP contribution in [0.1, 0.15) is 128 Å². The van der Waals surface area contributed by atoms with Crippen LogP contribution < -0.4 is 26.4 Å². The predicted octanol–water partition coefficient (Wildman–Crippen LogP) is 12.5. The molecule has 0 aliphatic heterocycles. The van der Waals surface area contributed by atoms with Gasteiger partial charge in [0.2, 0.25) is 0 Å². The molecule has 374 valence electrons. The standard InChI is InChI=1S/C65H58N4O6/c1-63-35-9-37-64(2,38-10-36-63)65(63)56-39-51(43-15-21-47(22-16-43)59(71)66-68-61(73)49-25-19-46(20-26-49)58(70)45-13-7-4-8-14-45)29-33-54(56)55-34-30-52(40-57(55)65)44-17-23-48(24-18-44)60(72)67-69-62(74)50-27-31-53(32-28-50)75-41-42-11-5-3-6-12-42/h3-8,11-34,39-40,58,70H,9-10,35-38,41H2,1-2H3,(H,66,71)(H,67,72)(H,68,73)(H,69,74). The van der Waals surface area contributed by atoms with Crippen LogP contribution in [0.3, 0.4) is 0 Å². The molecule has 1 unspecified atom stereocenters. The summed E-state index contributed by atoms with van der Waals surface area (Å²) in [5, 5.41) is 10.8. The third-order valence-electron chi connectivity index (χ3n) is 16.4. The second-order valence-corrected chi connectivity index (χ2v) is 20.8. The van der Waals surface area contributed by atoms with Crippen molar-refractivity contribution in [3.63, 3.8) is 0 Å². The van der Waals surface area contributed by atoms with Crippen LogP contribution in [0.15, 0.2) is 194 Å². The van der Waals surface area contributed by atoms with Crippen LogP contribution in [0.25, 0.3) is 33.4 Å². The van der Waals surface area contributed by atoms with Gasteiger partial charge < -0.3 is 9.84 Å². The fraction of sp³-hybridized carbons (Fsp3) is 0.200. The summed E-state index contributed by atoms with van der Waals surface area (Å²) in [4.78, 5) is 52.6. The highest BCUT2D eigenvalue weighted by Crippen LogP contribution is 2.74. The van der Waals surface area contributed by atoms with Crippen molar-refractivity contribution in [1.82, 2.24) is 21.7 Å². The fourth-order valence-electron chi connectivity index (χ4n) is 12.7. The van der Waals surface area contributed by atoms with E-state index in [-0.39, 0.29) is 16.2 Å². The molecule has 8 aromatic carbocycles. The van der Waals surface area contributed by atoms with Gasteiger partial charge in [-0.1, -0.05) is 148 Å². The number of fused-ring (bicyclic) bond motifs is 3. The van der Waals surface area contributed by atoms with Crippen LogP contribution in [0.5, 0.6) is 5.75 Å². The summed E-state index contributed by atoms with van der Waals surface area (Å²) in [5.41, 5.74) is 23.4. The Morgan fingerprint density at radius 1 is 0.453 bits per heavy atom. The first-order valence-electron chi connectivity index (χ1n) is 25.7. The van der Waals surface area contributed by atoms with Crippen molar-refractivity contribution in [2.45, 2.75) is 70.5 Å². The summed E-state index contributed by atoms with van der Waals surface area (Å²) >= 11 is 0. The molecule has 0 radical (unpaired) electrons. The van der Waals surface area contributed by atoms with E-state index >= 15 is 0 Å². The quantitative estimate of drug-likeness (QED) is 0.0816. The highest BCUT2D eigenvalue weighted by molar-refractivity contribution is 6.00. The van der Waals surface area contributed by atoms with Gasteiger partial charge in [-0.2, -0.15) is 0 Å². The zero-order valence-electron chi connectivity index (χ0n) is 42.0. The number of carbonyl (C=O) groups is 4. The second kappa shape index (κ2) is 20.0. The van der Waals surface area contributed by atoms with Gasteiger partial charge in [-0.05, 0) is 171 Å². The van der Waals surface area contributed by atoms with Crippen LogP contribution in [0.4, 0.5) is 0 Å². The normalized spacial score (nSPS) is 19.5. The molecular weight excluding hydrogens is 933 g/mol. The van der Waals surface area contributed by atoms with Gasteiger partial charge in [-0.25, -0.2) is 0 Å². The highest BCUT2D eigenvalue weighted by atomic mass is 16.5. The predicted molar refractivity (Wildman–Crippen MR) is 291 cm³/mol. The Bertz CT molecular complexity index is 3400. The van der Waals surface area contributed by atoms with E-state index in [2.05, 4.69) is 71.9 Å². The average molecular weight is 991 g/mol. The minimum absolute atomic E-state index is 0.0118. The number of hydrogen-bond acceptors (Lipinski definition) is 6. The van der Waals surface area contributed by atoms with E-state index < -0.39 is 29.7 Å². The highest BCUT2D eigenvalue weighted by Gasteiger charge is 2.66. The second-order valence-electron chi connectivity index (χ2n) is 20.8. The van der Waals surface area contributed by atoms with E-state index in [1.807, 2.05) is 84.9 Å². The molecule has 3 aliphatic carbocycles. The molecule has 8 aromatic rings. The van der Waals surface area contributed by atoms with Crippen LogP contribution in [0, 0.1) is 10.8 Å². The van der Waals surface area contributed by atoms with Gasteiger partial charge in [0.25, 0.3) is 23.6 Å². The maximum Gasteiger partial charge on any atom is 0.269 e. The molecule has 10 heteroatoms. The molecule has 2 fully saturated rings. The third-order valence-corrected chi connectivity index (χ3v) is 16.4. The zero-order valence-corrected chi connectivity index (χ0v) is 42.0. The molecule has 5 N–H and O–H groups in total. The largest absolute Gasteiger partial charge is 0.489 e. The van der Waals surface area contributed by atoms with Crippen LogP contribution in [0.2, 0.25) is 0 Å². The lowest BCUT2D eigenvalue weighted by molar-refractivity contribution is -0.0628. The molecule has 3 aliphatic rings. The number of hydrogen-bond donors (Lipinski definition) is 5. The summed E-state index contributed by atoms with van der Waals surface area (Å²) in [6.45, 7) is 5.45. The monoisotopic (exact) mass is 990 g/mol. The van der Waals surface area contributed by atoms with Crippen molar-refractivity contribution in [3.8, 4) is 39.1 Å². The summed E-state index contributed by atoms with van der Waals surface area (Å²) in [7, 11) is 0. The van der Waals surface area contributed by atoms with E-state index in [0.29, 0.717) is 40.2 Å². The molecule has 1 atom stereocenters. The Morgan fingerprint density at radius 2 is 0.813 bits per heavy atom. The van der Waals surface area contributed by atoms with Gasteiger partial charge in [0, 0.05) is 27.7 Å². The molecule has 4 amide bonds. The zero-order chi connectivity index (χ0) is 51.7. The van der Waals surface area contributed by atoms with Gasteiger partial charge in [0.15, 0.2) is 0 Å². The van der Waals surface area contributed by atoms with Crippen molar-refractivity contribution in [1.29, 1.82) is 0 Å². The van der Waals surface area contributed by atoms with Crippen LogP contribution >= 0.6 is 0 Å². The number of ether oxygens (including phenoxy) is 1. The summed E-state index contributed by atoms with van der Waals surface area (Å²) in [6.07, 6.45) is 6.09. The number of carbonyl (C=O) groups excluding carboxylic acids is 4. The van der Waals surface area contributed by atoms with E-state index in [9.17, 15) is 24.3 Å². The minimum atomic E-state index is -0.817. The Hall–Kier alpha value is -8.60. The van der Waals surface area contributed by atoms with Crippen molar-refractivity contribution >= 4 is 23.6 Å². The number of benzene rings is 8. The molecule has 0 aromatic heterocycles. The van der Waals surface area contributed by atoms with E-state index in [1.165, 1.54) is 35.1 Å². The fourth-order valence-corrected chi connectivity index (χ4v) is 12.7. The molecule has 75 heavy (non-hydrogen) atoms. The number of amides is 4. The molecule has 10 nitrogen and oxygen atoms in total. The summed E-state index contributed by atoms with van der Waals surface area (Å²) < 4.78 is 5.85. The van der Waals surface area contributed by atoms with E-state index in [4.69, 9.17) is 4.74 Å². The SMILES string of the molecule is CC12CCCC(C)(CCC1)C21c2cc(-c3ccc(C(=O)NNC(=O)c4ccc(OCc5ccccc5)cc4)cc3)ccc2-c2ccc(-c3ccc(C(=O)NNC(=O)c4ccc(C(O)c5ccccc5)cc4)cc3)cc21. The molecule has 11 rings (SSSR count). The Kier molecular flexibility index (Phi) is 13.0. The molecule has 0 saturated heterocycles. The summed E-state index contributed by atoms with van der Waals surface area (Å²) in [6, 6.07) is 61.4. The maximum atomic E-state index is 13.3. The number of aliphatic hydroxyl groups excluding tert-OH is 1. The molecule has 2 bridgehead atoms. The topological polar surface area (TPSA) is 146 Å². The van der Waals surface area contributed by atoms with Crippen LogP contribution in [-0.4, -0.2) is 28.7 Å². The number of rotatable bonds is 11. The van der Waals surface area contributed by atoms with Crippen molar-refractivity contribution in [3.05, 3.63) is 244 Å². The molecular formula is C65H58N4O6. The maximum absolute atomic E-state index is 13.3. The smallest absolute Gasteiger partial charge is 0.269 e. The van der Waals surface area contributed by atoms with Crippen molar-refractivity contribution in [2.24, 2.45) is 10.8 Å².